The molecule has 150 valence electrons. The summed E-state index contributed by atoms with van der Waals surface area (Å²) >= 11 is 0. The van der Waals surface area contributed by atoms with Crippen LogP contribution in [0.2, 0.25) is 0 Å². The molecular formula is C20H30N2O5. The predicted octanol–water partition coefficient (Wildman–Crippen LogP) is 1.80. The first-order valence-electron chi connectivity index (χ1n) is 8.96. The van der Waals surface area contributed by atoms with Crippen molar-refractivity contribution in [2.24, 2.45) is 0 Å². The van der Waals surface area contributed by atoms with Gasteiger partial charge in [-0.1, -0.05) is 30.3 Å². The van der Waals surface area contributed by atoms with Crippen molar-refractivity contribution in [1.82, 2.24) is 10.2 Å². The van der Waals surface area contributed by atoms with Crippen molar-refractivity contribution in [2.45, 2.75) is 65.3 Å². The van der Waals surface area contributed by atoms with Gasteiger partial charge in [-0.2, -0.15) is 0 Å². The fraction of sp³-hybridized carbons (Fsp3) is 0.550. The van der Waals surface area contributed by atoms with E-state index in [2.05, 4.69) is 5.32 Å². The first kappa shape index (κ1) is 22.6. The number of ether oxygens (including phenoxy) is 1. The molecule has 0 aliphatic carbocycles. The Balaban J connectivity index is 2.93. The summed E-state index contributed by atoms with van der Waals surface area (Å²) in [5, 5.41) is 12.4. The number of benzene rings is 1. The standard InChI is InChI=1S/C20H30N2O5/c1-13(19(26)27-20(4,5)6)21-18(25)14(2)22(15(3)24)17(12-23)16-10-8-7-9-11-16/h7-11,13-14,17,23H,12H2,1-6H3,(H,21,25)/t13-,14+,17?/m1/s1. The van der Waals surface area contributed by atoms with Gasteiger partial charge in [0.25, 0.3) is 0 Å². The zero-order chi connectivity index (χ0) is 20.8. The first-order chi connectivity index (χ1) is 12.5. The van der Waals surface area contributed by atoms with Gasteiger partial charge in [0.1, 0.15) is 17.7 Å². The molecular weight excluding hydrogens is 348 g/mol. The van der Waals surface area contributed by atoms with Crippen LogP contribution in [0.15, 0.2) is 30.3 Å². The average molecular weight is 378 g/mol. The Morgan fingerprint density at radius 2 is 1.70 bits per heavy atom. The fourth-order valence-electron chi connectivity index (χ4n) is 2.70. The lowest BCUT2D eigenvalue weighted by Gasteiger charge is -2.35. The third-order valence-corrected chi connectivity index (χ3v) is 3.97. The van der Waals surface area contributed by atoms with Crippen LogP contribution < -0.4 is 5.32 Å². The molecule has 0 spiro atoms. The SMILES string of the molecule is CC(=O)N(C(CO)c1ccccc1)[C@@H](C)C(=O)N[C@H](C)C(=O)OC(C)(C)C. The molecule has 7 heteroatoms. The zero-order valence-corrected chi connectivity index (χ0v) is 16.9. The minimum Gasteiger partial charge on any atom is -0.458 e. The first-order valence-corrected chi connectivity index (χ1v) is 8.96. The van der Waals surface area contributed by atoms with E-state index in [0.717, 1.165) is 5.56 Å². The molecule has 2 amide bonds. The lowest BCUT2D eigenvalue weighted by Crippen LogP contribution is -2.53. The second-order valence-electron chi connectivity index (χ2n) is 7.48. The molecule has 0 saturated carbocycles. The number of aliphatic hydroxyl groups excluding tert-OH is 1. The highest BCUT2D eigenvalue weighted by Gasteiger charge is 2.32. The van der Waals surface area contributed by atoms with E-state index >= 15 is 0 Å². The molecule has 0 aromatic heterocycles. The van der Waals surface area contributed by atoms with Gasteiger partial charge in [-0.05, 0) is 40.2 Å². The Morgan fingerprint density at radius 3 is 2.15 bits per heavy atom. The van der Waals surface area contributed by atoms with Crippen LogP contribution in [0.1, 0.15) is 53.1 Å². The van der Waals surface area contributed by atoms with E-state index in [9.17, 15) is 19.5 Å². The fourth-order valence-corrected chi connectivity index (χ4v) is 2.70. The van der Waals surface area contributed by atoms with E-state index in [1.807, 2.05) is 6.07 Å². The van der Waals surface area contributed by atoms with Crippen molar-refractivity contribution in [3.63, 3.8) is 0 Å². The molecule has 0 radical (unpaired) electrons. The molecule has 27 heavy (non-hydrogen) atoms. The highest BCUT2D eigenvalue weighted by atomic mass is 16.6. The van der Waals surface area contributed by atoms with Gasteiger partial charge < -0.3 is 20.1 Å². The van der Waals surface area contributed by atoms with Crippen LogP contribution in [0, 0.1) is 0 Å². The predicted molar refractivity (Wildman–Crippen MR) is 102 cm³/mol. The van der Waals surface area contributed by atoms with Crippen molar-refractivity contribution in [3.05, 3.63) is 35.9 Å². The summed E-state index contributed by atoms with van der Waals surface area (Å²) in [5.41, 5.74) is 0.0533. The van der Waals surface area contributed by atoms with Gasteiger partial charge in [0.2, 0.25) is 11.8 Å². The third-order valence-electron chi connectivity index (χ3n) is 3.97. The number of esters is 1. The molecule has 0 aliphatic heterocycles. The van der Waals surface area contributed by atoms with Crippen molar-refractivity contribution in [2.75, 3.05) is 6.61 Å². The molecule has 2 N–H and O–H groups in total. The minimum absolute atomic E-state index is 0.331. The second-order valence-corrected chi connectivity index (χ2v) is 7.48. The zero-order valence-electron chi connectivity index (χ0n) is 16.9. The van der Waals surface area contributed by atoms with E-state index in [0.29, 0.717) is 0 Å². The van der Waals surface area contributed by atoms with Crippen LogP contribution in [-0.2, 0) is 19.1 Å². The summed E-state index contributed by atoms with van der Waals surface area (Å²) in [7, 11) is 0. The second kappa shape index (κ2) is 9.50. The van der Waals surface area contributed by atoms with Crippen LogP contribution in [0.25, 0.3) is 0 Å². The molecule has 1 unspecified atom stereocenters. The van der Waals surface area contributed by atoms with Gasteiger partial charge in [-0.25, -0.2) is 4.79 Å². The average Bonchev–Trinajstić information content (AvgIpc) is 2.57. The van der Waals surface area contributed by atoms with Gasteiger partial charge in [0, 0.05) is 6.92 Å². The van der Waals surface area contributed by atoms with Gasteiger partial charge in [-0.15, -0.1) is 0 Å². The van der Waals surface area contributed by atoms with Crippen molar-refractivity contribution in [3.8, 4) is 0 Å². The molecule has 0 bridgehead atoms. The topological polar surface area (TPSA) is 95.9 Å². The van der Waals surface area contributed by atoms with Crippen LogP contribution in [0.3, 0.4) is 0 Å². The van der Waals surface area contributed by atoms with Crippen LogP contribution in [0.5, 0.6) is 0 Å². The van der Waals surface area contributed by atoms with E-state index in [4.69, 9.17) is 4.74 Å². The van der Waals surface area contributed by atoms with E-state index < -0.39 is 35.6 Å². The smallest absolute Gasteiger partial charge is 0.328 e. The number of carbonyl (C=O) groups excluding carboxylic acids is 3. The monoisotopic (exact) mass is 378 g/mol. The number of hydrogen-bond donors (Lipinski definition) is 2. The number of hydrogen-bond acceptors (Lipinski definition) is 5. The number of rotatable bonds is 7. The number of amides is 2. The maximum absolute atomic E-state index is 12.6. The molecule has 0 aliphatic rings. The summed E-state index contributed by atoms with van der Waals surface area (Å²) in [6, 6.07) is 6.57. The third kappa shape index (κ3) is 6.67. The lowest BCUT2D eigenvalue weighted by atomic mass is 10.0. The van der Waals surface area contributed by atoms with E-state index in [-0.39, 0.29) is 12.5 Å². The maximum atomic E-state index is 12.6. The number of nitrogens with zero attached hydrogens (tertiary/aromatic N) is 1. The Bertz CT molecular complexity index is 654. The highest BCUT2D eigenvalue weighted by molar-refractivity contribution is 5.90. The minimum atomic E-state index is -0.884. The molecule has 1 aromatic carbocycles. The van der Waals surface area contributed by atoms with Gasteiger partial charge in [-0.3, -0.25) is 9.59 Å². The van der Waals surface area contributed by atoms with Gasteiger partial charge >= 0.3 is 5.97 Å². The molecule has 1 aromatic rings. The highest BCUT2D eigenvalue weighted by Crippen LogP contribution is 2.23. The van der Waals surface area contributed by atoms with Crippen molar-refractivity contribution in [1.29, 1.82) is 0 Å². The van der Waals surface area contributed by atoms with Crippen molar-refractivity contribution >= 4 is 17.8 Å². The van der Waals surface area contributed by atoms with E-state index in [1.165, 1.54) is 18.7 Å². The quantitative estimate of drug-likeness (QED) is 0.706. The van der Waals surface area contributed by atoms with Crippen LogP contribution in [-0.4, -0.2) is 52.1 Å². The summed E-state index contributed by atoms with van der Waals surface area (Å²) in [6.45, 7) is 9.32. The molecule has 0 heterocycles. The number of nitrogens with one attached hydrogen (secondary N) is 1. The van der Waals surface area contributed by atoms with Gasteiger partial charge in [0.05, 0.1) is 12.6 Å². The number of carbonyl (C=O) groups is 3. The normalized spacial score (nSPS) is 14.6. The van der Waals surface area contributed by atoms with Gasteiger partial charge in [0.15, 0.2) is 0 Å². The molecule has 7 nitrogen and oxygen atoms in total. The Morgan fingerprint density at radius 1 is 1.15 bits per heavy atom. The summed E-state index contributed by atoms with van der Waals surface area (Å²) in [5.74, 6) is -1.41. The summed E-state index contributed by atoms with van der Waals surface area (Å²) in [4.78, 5) is 38.2. The maximum Gasteiger partial charge on any atom is 0.328 e. The van der Waals surface area contributed by atoms with Crippen LogP contribution >= 0.6 is 0 Å². The summed E-state index contributed by atoms with van der Waals surface area (Å²) < 4.78 is 5.25. The summed E-state index contributed by atoms with van der Waals surface area (Å²) in [6.07, 6.45) is 0. The van der Waals surface area contributed by atoms with Crippen LogP contribution in [0.4, 0.5) is 0 Å². The molecule has 3 atom stereocenters. The Hall–Kier alpha value is -2.41. The van der Waals surface area contributed by atoms with Crippen molar-refractivity contribution < 1.29 is 24.2 Å². The number of aliphatic hydroxyl groups is 1. The Kier molecular flexibility index (Phi) is 7.97. The largest absolute Gasteiger partial charge is 0.458 e. The Labute approximate surface area is 160 Å². The van der Waals surface area contributed by atoms with E-state index in [1.54, 1.807) is 52.0 Å². The molecule has 0 fully saturated rings. The molecule has 0 saturated heterocycles. The molecule has 1 rings (SSSR count). The lowest BCUT2D eigenvalue weighted by molar-refractivity contribution is -0.158.